The Hall–Kier alpha value is -1.64. The Labute approximate surface area is 63.8 Å². The third kappa shape index (κ3) is 0.902. The number of fused-ring (bicyclic) bond motifs is 1. The highest BCUT2D eigenvalue weighted by Gasteiger charge is 1.94. The number of H-pyrrole nitrogens is 1. The van der Waals surface area contributed by atoms with E-state index in [0.717, 1.165) is 16.6 Å². The molecule has 0 radical (unpaired) electrons. The molecule has 0 aromatic carbocycles. The van der Waals surface area contributed by atoms with Crippen molar-refractivity contribution < 1.29 is 0 Å². The maximum absolute atomic E-state index is 4.12. The molecule has 0 bridgehead atoms. The van der Waals surface area contributed by atoms with Gasteiger partial charge in [-0.1, -0.05) is 6.58 Å². The highest BCUT2D eigenvalue weighted by Crippen LogP contribution is 2.09. The van der Waals surface area contributed by atoms with Crippen molar-refractivity contribution in [1.82, 2.24) is 15.2 Å². The first-order chi connectivity index (χ1) is 5.40. The van der Waals surface area contributed by atoms with Crippen LogP contribution >= 0.6 is 0 Å². The molecule has 0 aliphatic heterocycles. The predicted octanol–water partition coefficient (Wildman–Crippen LogP) is 1.60. The molecule has 54 valence electrons. The van der Waals surface area contributed by atoms with Crippen LogP contribution in [-0.4, -0.2) is 15.2 Å². The van der Waals surface area contributed by atoms with Gasteiger partial charge in [0.15, 0.2) is 0 Å². The molecule has 2 heterocycles. The molecule has 0 fully saturated rings. The molecule has 1 N–H and O–H groups in total. The van der Waals surface area contributed by atoms with Gasteiger partial charge in [0.2, 0.25) is 0 Å². The molecular weight excluding hydrogens is 138 g/mol. The third-order valence-corrected chi connectivity index (χ3v) is 1.55. The molecule has 2 rings (SSSR count). The first-order valence-electron chi connectivity index (χ1n) is 3.32. The maximum atomic E-state index is 4.12. The second-order valence-corrected chi connectivity index (χ2v) is 2.27. The van der Waals surface area contributed by atoms with Crippen LogP contribution in [0.2, 0.25) is 0 Å². The van der Waals surface area contributed by atoms with E-state index < -0.39 is 0 Å². The molecule has 2 aromatic rings. The van der Waals surface area contributed by atoms with Gasteiger partial charge in [-0.05, 0) is 12.1 Å². The van der Waals surface area contributed by atoms with E-state index >= 15 is 0 Å². The van der Waals surface area contributed by atoms with Crippen LogP contribution in [0.3, 0.4) is 0 Å². The summed E-state index contributed by atoms with van der Waals surface area (Å²) < 4.78 is 0. The van der Waals surface area contributed by atoms with Crippen molar-refractivity contribution in [2.24, 2.45) is 0 Å². The Morgan fingerprint density at radius 2 is 2.36 bits per heavy atom. The summed E-state index contributed by atoms with van der Waals surface area (Å²) in [6.45, 7) is 3.63. The first-order valence-corrected chi connectivity index (χ1v) is 3.32. The lowest BCUT2D eigenvalue weighted by Gasteiger charge is -1.90. The number of hydrogen-bond acceptors (Lipinski definition) is 2. The highest BCUT2D eigenvalue weighted by molar-refractivity contribution is 5.78. The van der Waals surface area contributed by atoms with Crippen LogP contribution in [0.1, 0.15) is 5.69 Å². The summed E-state index contributed by atoms with van der Waals surface area (Å²) in [4.78, 5) is 4.12. The Kier molecular flexibility index (Phi) is 1.22. The van der Waals surface area contributed by atoms with Gasteiger partial charge in [-0.2, -0.15) is 5.10 Å². The van der Waals surface area contributed by atoms with Crippen molar-refractivity contribution in [2.75, 3.05) is 0 Å². The van der Waals surface area contributed by atoms with Gasteiger partial charge in [-0.3, -0.25) is 10.1 Å². The topological polar surface area (TPSA) is 41.6 Å². The van der Waals surface area contributed by atoms with E-state index in [1.165, 1.54) is 0 Å². The monoisotopic (exact) mass is 145 g/mol. The summed E-state index contributed by atoms with van der Waals surface area (Å²) in [5, 5.41) is 7.76. The zero-order valence-corrected chi connectivity index (χ0v) is 5.91. The molecule has 0 unspecified atom stereocenters. The van der Waals surface area contributed by atoms with Crippen LogP contribution < -0.4 is 0 Å². The van der Waals surface area contributed by atoms with E-state index in [2.05, 4.69) is 21.8 Å². The Balaban J connectivity index is 2.76. The molecule has 0 spiro atoms. The standard InChI is InChI=1S/C8H7N3/c1-2-7-3-8-6(4-9-7)5-10-11-8/h2-5H,1H2,(H,10,11). The molecule has 3 heteroatoms. The molecule has 0 aliphatic rings. The maximum Gasteiger partial charge on any atom is 0.0687 e. The van der Waals surface area contributed by atoms with E-state index in [0.29, 0.717) is 0 Å². The number of nitrogens with one attached hydrogen (secondary N) is 1. The molecule has 3 nitrogen and oxygen atoms in total. The molecular formula is C8H7N3. The van der Waals surface area contributed by atoms with E-state index in [1.807, 2.05) is 6.07 Å². The third-order valence-electron chi connectivity index (χ3n) is 1.55. The number of pyridine rings is 1. The summed E-state index contributed by atoms with van der Waals surface area (Å²) in [6.07, 6.45) is 5.23. The second kappa shape index (κ2) is 2.20. The minimum Gasteiger partial charge on any atom is -0.278 e. The molecule has 2 aromatic heterocycles. The van der Waals surface area contributed by atoms with Crippen LogP contribution in [0.15, 0.2) is 25.0 Å². The highest BCUT2D eigenvalue weighted by atomic mass is 15.1. The number of hydrogen-bond donors (Lipinski definition) is 1. The normalized spacial score (nSPS) is 10.2. The van der Waals surface area contributed by atoms with Crippen LogP contribution in [0.5, 0.6) is 0 Å². The van der Waals surface area contributed by atoms with Crippen LogP contribution in [0.25, 0.3) is 17.0 Å². The van der Waals surface area contributed by atoms with Crippen molar-refractivity contribution >= 4 is 17.0 Å². The SMILES string of the molecule is C=Cc1cc2[nH]ncc2cn1. The van der Waals surface area contributed by atoms with Crippen molar-refractivity contribution in [1.29, 1.82) is 0 Å². The van der Waals surface area contributed by atoms with Gasteiger partial charge in [0, 0.05) is 11.6 Å². The Morgan fingerprint density at radius 3 is 3.18 bits per heavy atom. The van der Waals surface area contributed by atoms with Gasteiger partial charge >= 0.3 is 0 Å². The fourth-order valence-corrected chi connectivity index (χ4v) is 0.965. The number of nitrogens with zero attached hydrogens (tertiary/aromatic N) is 2. The average molecular weight is 145 g/mol. The minimum atomic E-state index is 0.863. The van der Waals surface area contributed by atoms with Crippen LogP contribution in [0, 0.1) is 0 Å². The average Bonchev–Trinajstić information content (AvgIpc) is 2.50. The Bertz CT molecular complexity index is 389. The number of rotatable bonds is 1. The van der Waals surface area contributed by atoms with Crippen molar-refractivity contribution in [2.45, 2.75) is 0 Å². The van der Waals surface area contributed by atoms with Gasteiger partial charge in [-0.25, -0.2) is 0 Å². The van der Waals surface area contributed by atoms with Crippen molar-refractivity contribution in [3.63, 3.8) is 0 Å². The van der Waals surface area contributed by atoms with Gasteiger partial charge < -0.3 is 0 Å². The van der Waals surface area contributed by atoms with E-state index in [4.69, 9.17) is 0 Å². The smallest absolute Gasteiger partial charge is 0.0687 e. The van der Waals surface area contributed by atoms with Gasteiger partial charge in [0.05, 0.1) is 17.4 Å². The number of aromatic amines is 1. The van der Waals surface area contributed by atoms with Gasteiger partial charge in [0.1, 0.15) is 0 Å². The summed E-state index contributed by atoms with van der Waals surface area (Å²) in [5.74, 6) is 0. The summed E-state index contributed by atoms with van der Waals surface area (Å²) >= 11 is 0. The molecule has 0 atom stereocenters. The van der Waals surface area contributed by atoms with Crippen molar-refractivity contribution in [3.8, 4) is 0 Å². The molecule has 0 saturated heterocycles. The molecule has 0 amide bonds. The lowest BCUT2D eigenvalue weighted by atomic mass is 10.3. The van der Waals surface area contributed by atoms with Crippen LogP contribution in [0.4, 0.5) is 0 Å². The lowest BCUT2D eigenvalue weighted by molar-refractivity contribution is 1.12. The molecule has 11 heavy (non-hydrogen) atoms. The molecule has 0 saturated carbocycles. The van der Waals surface area contributed by atoms with Crippen molar-refractivity contribution in [3.05, 3.63) is 30.7 Å². The quantitative estimate of drug-likeness (QED) is 0.662. The fraction of sp³-hybridized carbons (Fsp3) is 0. The second-order valence-electron chi connectivity index (χ2n) is 2.27. The lowest BCUT2D eigenvalue weighted by Crippen LogP contribution is -1.78. The van der Waals surface area contributed by atoms with E-state index in [1.54, 1.807) is 18.5 Å². The summed E-state index contributed by atoms with van der Waals surface area (Å²) in [5.41, 5.74) is 1.86. The zero-order valence-electron chi connectivity index (χ0n) is 5.91. The predicted molar refractivity (Wildman–Crippen MR) is 44.0 cm³/mol. The summed E-state index contributed by atoms with van der Waals surface area (Å²) in [7, 11) is 0. The van der Waals surface area contributed by atoms with E-state index in [9.17, 15) is 0 Å². The van der Waals surface area contributed by atoms with Gasteiger partial charge in [0.25, 0.3) is 0 Å². The fourth-order valence-electron chi connectivity index (χ4n) is 0.965. The minimum absolute atomic E-state index is 0.863. The van der Waals surface area contributed by atoms with Gasteiger partial charge in [-0.15, -0.1) is 0 Å². The number of aromatic nitrogens is 3. The summed E-state index contributed by atoms with van der Waals surface area (Å²) in [6, 6.07) is 1.91. The largest absolute Gasteiger partial charge is 0.278 e. The van der Waals surface area contributed by atoms with E-state index in [-0.39, 0.29) is 0 Å². The molecule has 0 aliphatic carbocycles. The zero-order chi connectivity index (χ0) is 7.68. The Morgan fingerprint density at radius 1 is 1.45 bits per heavy atom. The first kappa shape index (κ1) is 6.09. The van der Waals surface area contributed by atoms with Crippen LogP contribution in [-0.2, 0) is 0 Å².